The Morgan fingerprint density at radius 1 is 0.394 bits per heavy atom. The molecule has 0 atom stereocenters. The molecule has 4 aliphatic carbocycles. The van der Waals surface area contributed by atoms with Crippen LogP contribution in [0.25, 0.3) is 24.3 Å². The smallest absolute Gasteiger partial charge is 0.123 e. The Morgan fingerprint density at radius 2 is 0.621 bits per heavy atom. The second-order valence-corrected chi connectivity index (χ2v) is 18.9. The lowest BCUT2D eigenvalue weighted by atomic mass is 10.1. The van der Waals surface area contributed by atoms with E-state index in [0.29, 0.717) is 50.1 Å². The highest BCUT2D eigenvalue weighted by Crippen LogP contribution is 2.34. The zero-order valence-corrected chi connectivity index (χ0v) is 40.0. The molecule has 4 fully saturated rings. The molecule has 0 aromatic heterocycles. The molecule has 0 bridgehead atoms. The second-order valence-electron chi connectivity index (χ2n) is 18.9. The average molecular weight is 899 g/mol. The van der Waals surface area contributed by atoms with Crippen molar-refractivity contribution in [3.63, 3.8) is 0 Å². The minimum Gasteiger partial charge on any atom is -0.493 e. The molecule has 0 amide bonds. The van der Waals surface area contributed by atoms with Gasteiger partial charge >= 0.3 is 0 Å². The Labute approximate surface area is 394 Å². The zero-order valence-electron chi connectivity index (χ0n) is 40.0. The molecule has 66 heavy (non-hydrogen) atoms. The van der Waals surface area contributed by atoms with Crippen LogP contribution in [-0.4, -0.2) is 124 Å². The average Bonchev–Trinajstić information content (AvgIpc) is 4.13. The van der Waals surface area contributed by atoms with E-state index in [1.807, 2.05) is 40.3 Å². The third kappa shape index (κ3) is 15.7. The molecule has 12 nitrogen and oxygen atoms in total. The molecule has 3 aromatic rings. The molecule has 0 heterocycles. The maximum Gasteiger partial charge on any atom is 0.123 e. The van der Waals surface area contributed by atoms with Crippen LogP contribution in [0.3, 0.4) is 0 Å². The van der Waals surface area contributed by atoms with Crippen molar-refractivity contribution in [2.75, 3.05) is 80.8 Å². The lowest BCUT2D eigenvalue weighted by Gasteiger charge is -2.20. The largest absolute Gasteiger partial charge is 0.493 e. The number of nitrogens with one attached hydrogen (secondary N) is 4. The summed E-state index contributed by atoms with van der Waals surface area (Å²) in [5, 5.41) is 33.4. The summed E-state index contributed by atoms with van der Waals surface area (Å²) in [5.41, 5.74) is 4.12. The van der Waals surface area contributed by atoms with Crippen molar-refractivity contribution in [3.05, 3.63) is 82.9 Å². The van der Waals surface area contributed by atoms with Gasteiger partial charge in [0, 0.05) is 90.2 Å². The zero-order chi connectivity index (χ0) is 46.4. The van der Waals surface area contributed by atoms with Crippen LogP contribution in [0.15, 0.2) is 60.7 Å². The fourth-order valence-corrected chi connectivity index (χ4v) is 7.94. The van der Waals surface area contributed by atoms with Gasteiger partial charge in [0.05, 0.1) is 49.8 Å². The van der Waals surface area contributed by atoms with Crippen molar-refractivity contribution < 1.29 is 18.9 Å². The molecular weight excluding hydrogens is 825 g/mol. The minimum atomic E-state index is 0.439. The summed E-state index contributed by atoms with van der Waals surface area (Å²) in [5.74, 6) is 7.77. The Bertz CT molecular complexity index is 1910. The summed E-state index contributed by atoms with van der Waals surface area (Å²) >= 11 is 0. The molecule has 354 valence electrons. The Balaban J connectivity index is 0.953. The highest BCUT2D eigenvalue weighted by Gasteiger charge is 2.30. The number of hydrogen-bond acceptors (Lipinski definition) is 8. The van der Waals surface area contributed by atoms with Gasteiger partial charge in [-0.2, -0.15) is 0 Å². The van der Waals surface area contributed by atoms with Crippen LogP contribution < -0.4 is 18.9 Å². The number of ether oxygens (including phenoxy) is 4. The maximum atomic E-state index is 8.35. The Morgan fingerprint density at radius 3 is 0.848 bits per heavy atom. The molecular formula is C54H74N8O4. The van der Waals surface area contributed by atoms with Crippen LogP contribution in [0.4, 0.5) is 0 Å². The van der Waals surface area contributed by atoms with Gasteiger partial charge in [0.15, 0.2) is 0 Å². The topological polar surface area (TPSA) is 145 Å². The van der Waals surface area contributed by atoms with Crippen molar-refractivity contribution in [2.45, 2.75) is 77.0 Å². The molecule has 0 radical (unpaired) electrons. The fraction of sp³-hybridized carbons (Fsp3) is 0.519. The van der Waals surface area contributed by atoms with Gasteiger partial charge in [-0.15, -0.1) is 0 Å². The molecule has 0 saturated heterocycles. The van der Waals surface area contributed by atoms with E-state index in [1.165, 1.54) is 0 Å². The molecule has 4 saturated carbocycles. The number of hydrogen-bond donors (Lipinski definition) is 4. The molecule has 7 rings (SSSR count). The number of benzene rings is 3. The first-order valence-corrected chi connectivity index (χ1v) is 24.4. The summed E-state index contributed by atoms with van der Waals surface area (Å²) < 4.78 is 25.0. The molecule has 0 unspecified atom stereocenters. The van der Waals surface area contributed by atoms with Crippen molar-refractivity contribution in [3.8, 4) is 23.0 Å². The summed E-state index contributed by atoms with van der Waals surface area (Å²) in [6, 6.07) is 20.6. The second kappa shape index (κ2) is 23.6. The molecule has 0 aliphatic heterocycles. The van der Waals surface area contributed by atoms with Gasteiger partial charge in [-0.25, -0.2) is 0 Å². The first-order chi connectivity index (χ1) is 32.0. The number of rotatable bonds is 28. The van der Waals surface area contributed by atoms with E-state index >= 15 is 0 Å². The standard InChI is InChI=1S/C54H74N8O4/c1-59(51(55)43-17-18-43)25-5-29-63-47-33-41(34-48(37-47)64-30-6-26-60(2)52(56)44-19-20-44)15-13-39-9-11-40(12-10-39)14-16-42-35-49(65-31-7-27-61(3)53(57)45-21-22-45)38-50(36-42)66-32-8-28-62(4)54(58)46-23-24-46/h9-16,33-38,43-46,55-58H,5-8,17-32H2,1-4H3/b15-13+,16-14+,55-51?,56-52?,57-53?,58-54?. The van der Waals surface area contributed by atoms with Gasteiger partial charge < -0.3 is 38.5 Å². The summed E-state index contributed by atoms with van der Waals surface area (Å²) in [6.07, 6.45) is 20.8. The number of nitrogens with zero attached hydrogens (tertiary/aromatic N) is 4. The molecule has 12 heteroatoms. The van der Waals surface area contributed by atoms with Crippen LogP contribution in [0.1, 0.15) is 99.3 Å². The third-order valence-electron chi connectivity index (χ3n) is 12.8. The van der Waals surface area contributed by atoms with E-state index in [-0.39, 0.29) is 0 Å². The van der Waals surface area contributed by atoms with Gasteiger partial charge in [-0.05, 0) is 124 Å². The van der Waals surface area contributed by atoms with Crippen molar-refractivity contribution in [2.24, 2.45) is 23.7 Å². The lowest BCUT2D eigenvalue weighted by Crippen LogP contribution is -2.29. The van der Waals surface area contributed by atoms with E-state index in [0.717, 1.165) is 172 Å². The van der Waals surface area contributed by atoms with Gasteiger partial charge in [-0.3, -0.25) is 21.6 Å². The summed E-state index contributed by atoms with van der Waals surface area (Å²) in [4.78, 5) is 8.20. The van der Waals surface area contributed by atoms with E-state index in [9.17, 15) is 0 Å². The van der Waals surface area contributed by atoms with Gasteiger partial charge in [0.25, 0.3) is 0 Å². The molecule has 0 spiro atoms. The normalized spacial score (nSPS) is 15.7. The predicted octanol–water partition coefficient (Wildman–Crippen LogP) is 10.4. The van der Waals surface area contributed by atoms with E-state index in [2.05, 4.69) is 92.4 Å². The first-order valence-electron chi connectivity index (χ1n) is 24.4. The van der Waals surface area contributed by atoms with E-state index in [4.69, 9.17) is 40.6 Å². The monoisotopic (exact) mass is 899 g/mol. The quantitative estimate of drug-likeness (QED) is 0.0244. The first kappa shape index (κ1) is 48.2. The van der Waals surface area contributed by atoms with Crippen molar-refractivity contribution >= 4 is 47.6 Å². The van der Waals surface area contributed by atoms with Crippen LogP contribution >= 0.6 is 0 Å². The SMILES string of the molecule is CN(CCCOc1cc(/C=C/c2ccc(/C=C/c3cc(OCCCN(C)C(=N)C4CC4)cc(OCCCN(C)C(=N)C4CC4)c3)cc2)cc(OCCCN(C)C(=N)C2CC2)c1)C(=N)C1CC1. The molecule has 3 aromatic carbocycles. The Hall–Kier alpha value is -5.78. The van der Waals surface area contributed by atoms with Crippen LogP contribution in [0.5, 0.6) is 23.0 Å². The minimum absolute atomic E-state index is 0.439. The third-order valence-corrected chi connectivity index (χ3v) is 12.8. The molecule has 4 N–H and O–H groups in total. The predicted molar refractivity (Wildman–Crippen MR) is 270 cm³/mol. The van der Waals surface area contributed by atoms with Gasteiger partial charge in [0.2, 0.25) is 0 Å². The summed E-state index contributed by atoms with van der Waals surface area (Å²) in [6.45, 7) is 5.40. The lowest BCUT2D eigenvalue weighted by molar-refractivity contribution is 0.280. The Kier molecular flexibility index (Phi) is 17.2. The van der Waals surface area contributed by atoms with Gasteiger partial charge in [0.1, 0.15) is 23.0 Å². The van der Waals surface area contributed by atoms with Crippen molar-refractivity contribution in [1.29, 1.82) is 21.6 Å². The van der Waals surface area contributed by atoms with Crippen molar-refractivity contribution in [1.82, 2.24) is 19.6 Å². The fourth-order valence-electron chi connectivity index (χ4n) is 7.94. The summed E-state index contributed by atoms with van der Waals surface area (Å²) in [7, 11) is 8.02. The number of amidine groups is 4. The van der Waals surface area contributed by atoms with E-state index < -0.39 is 0 Å². The van der Waals surface area contributed by atoms with Crippen LogP contribution in [0, 0.1) is 45.3 Å². The molecule has 4 aliphatic rings. The maximum absolute atomic E-state index is 8.35. The van der Waals surface area contributed by atoms with Gasteiger partial charge in [-0.1, -0.05) is 48.6 Å². The highest BCUT2D eigenvalue weighted by molar-refractivity contribution is 5.85. The highest BCUT2D eigenvalue weighted by atomic mass is 16.5. The van der Waals surface area contributed by atoms with Crippen LogP contribution in [0.2, 0.25) is 0 Å². The van der Waals surface area contributed by atoms with Crippen LogP contribution in [-0.2, 0) is 0 Å². The van der Waals surface area contributed by atoms with E-state index in [1.54, 1.807) is 0 Å².